The zero-order valence-electron chi connectivity index (χ0n) is 13.5. The first-order valence-corrected chi connectivity index (χ1v) is 8.80. The minimum absolute atomic E-state index is 0.118. The van der Waals surface area contributed by atoms with Crippen molar-refractivity contribution in [3.63, 3.8) is 0 Å². The molecule has 2 saturated heterocycles. The Bertz CT molecular complexity index is 553. The molecule has 3 fully saturated rings. The molecular formula is C19H25NO3. The van der Waals surface area contributed by atoms with Crippen LogP contribution in [0.5, 0.6) is 0 Å². The van der Waals surface area contributed by atoms with E-state index in [1.807, 2.05) is 18.2 Å². The Morgan fingerprint density at radius 1 is 1.17 bits per heavy atom. The molecule has 0 aromatic heterocycles. The summed E-state index contributed by atoms with van der Waals surface area (Å²) in [7, 11) is 0. The van der Waals surface area contributed by atoms with Gasteiger partial charge in [0.2, 0.25) is 5.91 Å². The summed E-state index contributed by atoms with van der Waals surface area (Å²) in [6.45, 7) is 3.14. The lowest BCUT2D eigenvalue weighted by molar-refractivity contribution is -0.123. The van der Waals surface area contributed by atoms with Gasteiger partial charge in [0.05, 0.1) is 6.10 Å². The second-order valence-corrected chi connectivity index (χ2v) is 7.23. The van der Waals surface area contributed by atoms with Gasteiger partial charge in [-0.05, 0) is 36.7 Å². The summed E-state index contributed by atoms with van der Waals surface area (Å²) in [5.41, 5.74) is 1.48. The molecule has 0 bridgehead atoms. The van der Waals surface area contributed by atoms with Crippen LogP contribution in [0.3, 0.4) is 0 Å². The second kappa shape index (κ2) is 6.25. The molecular weight excluding hydrogens is 290 g/mol. The highest BCUT2D eigenvalue weighted by Gasteiger charge is 2.57. The minimum Gasteiger partial charge on any atom is -0.381 e. The van der Waals surface area contributed by atoms with E-state index in [1.54, 1.807) is 0 Å². The molecule has 2 heterocycles. The molecule has 3 aliphatic rings. The highest BCUT2D eigenvalue weighted by molar-refractivity contribution is 5.82. The zero-order valence-corrected chi connectivity index (χ0v) is 13.5. The molecule has 2 aliphatic heterocycles. The lowest BCUT2D eigenvalue weighted by Gasteiger charge is -2.23. The van der Waals surface area contributed by atoms with Gasteiger partial charge in [-0.15, -0.1) is 0 Å². The molecule has 0 radical (unpaired) electrons. The molecule has 1 saturated carbocycles. The predicted octanol–water partition coefficient (Wildman–Crippen LogP) is 2.70. The first kappa shape index (κ1) is 15.2. The third-order valence-electron chi connectivity index (χ3n) is 5.88. The lowest BCUT2D eigenvalue weighted by Crippen LogP contribution is -2.34. The summed E-state index contributed by atoms with van der Waals surface area (Å²) in [4.78, 5) is 12.5. The Morgan fingerprint density at radius 2 is 1.96 bits per heavy atom. The van der Waals surface area contributed by atoms with Crippen LogP contribution in [-0.2, 0) is 14.3 Å². The van der Waals surface area contributed by atoms with Crippen molar-refractivity contribution >= 4 is 5.91 Å². The van der Waals surface area contributed by atoms with Crippen molar-refractivity contribution in [1.29, 1.82) is 0 Å². The standard InChI is InChI=1S/C19H25NO3/c21-18(16-12-19(16)7-10-22-11-8-19)20-13-15-6-9-23-17(15)14-4-2-1-3-5-14/h1-5,15-17H,6-13H2,(H,20,21)/t15-,16+,17-/m0/s1. The summed E-state index contributed by atoms with van der Waals surface area (Å²) in [6, 6.07) is 10.3. The molecule has 3 atom stereocenters. The van der Waals surface area contributed by atoms with E-state index in [0.717, 1.165) is 52.0 Å². The Balaban J connectivity index is 1.31. The van der Waals surface area contributed by atoms with E-state index in [-0.39, 0.29) is 23.3 Å². The van der Waals surface area contributed by atoms with Crippen molar-refractivity contribution in [3.8, 4) is 0 Å². The van der Waals surface area contributed by atoms with Gasteiger partial charge in [-0.2, -0.15) is 0 Å². The summed E-state index contributed by atoms with van der Waals surface area (Å²) >= 11 is 0. The van der Waals surface area contributed by atoms with Crippen molar-refractivity contribution in [2.45, 2.75) is 31.8 Å². The molecule has 1 aromatic carbocycles. The second-order valence-electron chi connectivity index (χ2n) is 7.23. The minimum atomic E-state index is 0.118. The average molecular weight is 315 g/mol. The molecule has 4 rings (SSSR count). The predicted molar refractivity (Wildman–Crippen MR) is 86.8 cm³/mol. The van der Waals surface area contributed by atoms with E-state index in [9.17, 15) is 4.79 Å². The van der Waals surface area contributed by atoms with Crippen molar-refractivity contribution < 1.29 is 14.3 Å². The Kier molecular flexibility index (Phi) is 4.12. The van der Waals surface area contributed by atoms with Crippen LogP contribution in [-0.4, -0.2) is 32.3 Å². The van der Waals surface area contributed by atoms with E-state index in [4.69, 9.17) is 9.47 Å². The van der Waals surface area contributed by atoms with E-state index in [0.29, 0.717) is 5.92 Å². The quantitative estimate of drug-likeness (QED) is 0.929. The highest BCUT2D eigenvalue weighted by atomic mass is 16.5. The number of amides is 1. The zero-order chi connectivity index (χ0) is 15.7. The van der Waals surface area contributed by atoms with Crippen LogP contribution >= 0.6 is 0 Å². The van der Waals surface area contributed by atoms with E-state index < -0.39 is 0 Å². The van der Waals surface area contributed by atoms with Gasteiger partial charge in [0, 0.05) is 38.2 Å². The van der Waals surface area contributed by atoms with E-state index >= 15 is 0 Å². The molecule has 1 amide bonds. The van der Waals surface area contributed by atoms with Crippen molar-refractivity contribution in [1.82, 2.24) is 5.32 Å². The number of hydrogen-bond acceptors (Lipinski definition) is 3. The molecule has 124 valence electrons. The average Bonchev–Trinajstić information content (AvgIpc) is 3.08. The van der Waals surface area contributed by atoms with Gasteiger partial charge in [0.25, 0.3) is 0 Å². The van der Waals surface area contributed by atoms with E-state index in [2.05, 4.69) is 17.4 Å². The molecule has 1 aromatic rings. The van der Waals surface area contributed by atoms with Crippen LogP contribution in [0.15, 0.2) is 30.3 Å². The van der Waals surface area contributed by atoms with Crippen LogP contribution in [0.25, 0.3) is 0 Å². The SMILES string of the molecule is O=C(NC[C@@H]1CCO[C@H]1c1ccccc1)[C@H]1CC12CCOCC2. The number of carbonyl (C=O) groups excluding carboxylic acids is 1. The van der Waals surface area contributed by atoms with Crippen molar-refractivity contribution in [2.24, 2.45) is 17.3 Å². The molecule has 1 spiro atoms. The van der Waals surface area contributed by atoms with Gasteiger partial charge in [-0.3, -0.25) is 4.79 Å². The highest BCUT2D eigenvalue weighted by Crippen LogP contribution is 2.59. The molecule has 0 unspecified atom stereocenters. The van der Waals surface area contributed by atoms with Gasteiger partial charge in [0.15, 0.2) is 0 Å². The third-order valence-corrected chi connectivity index (χ3v) is 5.88. The maximum absolute atomic E-state index is 12.5. The van der Waals surface area contributed by atoms with Crippen LogP contribution in [0.1, 0.15) is 37.4 Å². The normalized spacial score (nSPS) is 31.9. The fraction of sp³-hybridized carbons (Fsp3) is 0.632. The molecule has 4 heteroatoms. The van der Waals surface area contributed by atoms with Crippen LogP contribution in [0, 0.1) is 17.3 Å². The van der Waals surface area contributed by atoms with Crippen LogP contribution < -0.4 is 5.32 Å². The van der Waals surface area contributed by atoms with Crippen molar-refractivity contribution in [3.05, 3.63) is 35.9 Å². The number of carbonyl (C=O) groups is 1. The third kappa shape index (κ3) is 3.02. The largest absolute Gasteiger partial charge is 0.381 e. The van der Waals surface area contributed by atoms with Gasteiger partial charge in [-0.25, -0.2) is 0 Å². The summed E-state index contributed by atoms with van der Waals surface area (Å²) in [6.07, 6.45) is 4.27. The fourth-order valence-electron chi connectivity index (χ4n) is 4.26. The van der Waals surface area contributed by atoms with E-state index in [1.165, 1.54) is 5.56 Å². The maximum Gasteiger partial charge on any atom is 0.223 e. The molecule has 4 nitrogen and oxygen atoms in total. The number of ether oxygens (including phenoxy) is 2. The Hall–Kier alpha value is -1.39. The van der Waals surface area contributed by atoms with Gasteiger partial charge in [-0.1, -0.05) is 30.3 Å². The number of nitrogens with one attached hydrogen (secondary N) is 1. The van der Waals surface area contributed by atoms with Gasteiger partial charge in [0.1, 0.15) is 0 Å². The monoisotopic (exact) mass is 315 g/mol. The number of benzene rings is 1. The topological polar surface area (TPSA) is 47.6 Å². The first-order valence-electron chi connectivity index (χ1n) is 8.80. The van der Waals surface area contributed by atoms with Crippen molar-refractivity contribution in [2.75, 3.05) is 26.4 Å². The molecule has 1 N–H and O–H groups in total. The molecule has 23 heavy (non-hydrogen) atoms. The summed E-state index contributed by atoms with van der Waals surface area (Å²) in [5.74, 6) is 0.834. The van der Waals surface area contributed by atoms with Gasteiger partial charge < -0.3 is 14.8 Å². The molecule has 1 aliphatic carbocycles. The van der Waals surface area contributed by atoms with Crippen LogP contribution in [0.2, 0.25) is 0 Å². The number of rotatable bonds is 4. The van der Waals surface area contributed by atoms with Gasteiger partial charge >= 0.3 is 0 Å². The first-order chi connectivity index (χ1) is 11.3. The lowest BCUT2D eigenvalue weighted by atomic mass is 9.93. The summed E-state index contributed by atoms with van der Waals surface area (Å²) in [5, 5.41) is 3.20. The number of hydrogen-bond donors (Lipinski definition) is 1. The Labute approximate surface area is 137 Å². The fourth-order valence-corrected chi connectivity index (χ4v) is 4.26. The Morgan fingerprint density at radius 3 is 2.74 bits per heavy atom. The summed E-state index contributed by atoms with van der Waals surface area (Å²) < 4.78 is 11.3. The van der Waals surface area contributed by atoms with Crippen LogP contribution in [0.4, 0.5) is 0 Å². The smallest absolute Gasteiger partial charge is 0.223 e. The maximum atomic E-state index is 12.5.